The molecule has 0 saturated carbocycles. The van der Waals surface area contributed by atoms with Gasteiger partial charge in [0.15, 0.2) is 5.60 Å². The van der Waals surface area contributed by atoms with Crippen molar-refractivity contribution in [2.24, 2.45) is 0 Å². The molecule has 8 heteroatoms. The summed E-state index contributed by atoms with van der Waals surface area (Å²) in [7, 11) is 4.69. The van der Waals surface area contributed by atoms with E-state index in [9.17, 15) is 4.79 Å². The maximum Gasteiger partial charge on any atom is 0.260 e. The first kappa shape index (κ1) is 22.8. The third-order valence-corrected chi connectivity index (χ3v) is 5.77. The molecule has 8 nitrogen and oxygen atoms in total. The van der Waals surface area contributed by atoms with Crippen LogP contribution >= 0.6 is 0 Å². The van der Waals surface area contributed by atoms with Crippen molar-refractivity contribution in [3.8, 4) is 16.9 Å². The Hall–Kier alpha value is -3.33. The molecule has 1 aliphatic rings. The zero-order valence-corrected chi connectivity index (χ0v) is 18.9. The van der Waals surface area contributed by atoms with Gasteiger partial charge in [-0.1, -0.05) is 30.3 Å². The minimum Gasteiger partial charge on any atom is -0.497 e. The maximum absolute atomic E-state index is 13.4. The predicted molar refractivity (Wildman–Crippen MR) is 121 cm³/mol. The summed E-state index contributed by atoms with van der Waals surface area (Å²) in [4.78, 5) is 23.7. The van der Waals surface area contributed by atoms with Gasteiger partial charge in [0, 0.05) is 51.0 Å². The SMILES string of the molecule is COCO[C@@]1(Cc2cc(OC)ccn2)C(=O)N(COC)[C@H]1c1ccc(-c2cccnc2)cc1. The number of hydrogen-bond acceptors (Lipinski definition) is 7. The van der Waals surface area contributed by atoms with Gasteiger partial charge in [-0.15, -0.1) is 0 Å². The van der Waals surface area contributed by atoms with Gasteiger partial charge in [-0.25, -0.2) is 0 Å². The van der Waals surface area contributed by atoms with E-state index >= 15 is 0 Å². The van der Waals surface area contributed by atoms with Crippen molar-refractivity contribution in [2.75, 3.05) is 34.9 Å². The second-order valence-electron chi connectivity index (χ2n) is 7.76. The van der Waals surface area contributed by atoms with Crippen LogP contribution in [0.4, 0.5) is 0 Å². The number of carbonyl (C=O) groups is 1. The molecule has 1 aliphatic heterocycles. The third-order valence-electron chi connectivity index (χ3n) is 5.77. The van der Waals surface area contributed by atoms with Crippen LogP contribution in [-0.2, 0) is 25.4 Å². The van der Waals surface area contributed by atoms with Gasteiger partial charge in [-0.3, -0.25) is 14.8 Å². The van der Waals surface area contributed by atoms with Crippen LogP contribution in [0.3, 0.4) is 0 Å². The summed E-state index contributed by atoms with van der Waals surface area (Å²) in [6.07, 6.45) is 5.49. The van der Waals surface area contributed by atoms with Crippen LogP contribution in [0.1, 0.15) is 17.3 Å². The van der Waals surface area contributed by atoms with Gasteiger partial charge in [0.2, 0.25) is 0 Å². The first-order valence-electron chi connectivity index (χ1n) is 10.5. The Balaban J connectivity index is 1.71. The van der Waals surface area contributed by atoms with E-state index in [4.69, 9.17) is 18.9 Å². The largest absolute Gasteiger partial charge is 0.497 e. The molecule has 2 atom stereocenters. The Morgan fingerprint density at radius 3 is 2.48 bits per heavy atom. The lowest BCUT2D eigenvalue weighted by Gasteiger charge is -2.55. The number of pyridine rings is 2. The molecular weight excluding hydrogens is 422 g/mol. The highest BCUT2D eigenvalue weighted by atomic mass is 16.7. The van der Waals surface area contributed by atoms with Gasteiger partial charge >= 0.3 is 0 Å². The fourth-order valence-corrected chi connectivity index (χ4v) is 4.25. The van der Waals surface area contributed by atoms with Crippen molar-refractivity contribution in [3.63, 3.8) is 0 Å². The molecule has 172 valence electrons. The molecule has 1 aromatic carbocycles. The summed E-state index contributed by atoms with van der Waals surface area (Å²) in [5.74, 6) is 0.493. The van der Waals surface area contributed by atoms with Gasteiger partial charge in [0.25, 0.3) is 5.91 Å². The highest BCUT2D eigenvalue weighted by Gasteiger charge is 2.62. The average molecular weight is 450 g/mol. The van der Waals surface area contributed by atoms with E-state index in [1.165, 1.54) is 7.11 Å². The van der Waals surface area contributed by atoms with E-state index in [0.717, 1.165) is 16.7 Å². The number of β-lactam (4-membered cyclic amide) rings is 1. The predicted octanol–water partition coefficient (Wildman–Crippen LogP) is 3.24. The van der Waals surface area contributed by atoms with E-state index in [1.807, 2.05) is 48.7 Å². The van der Waals surface area contributed by atoms with Gasteiger partial charge in [0.1, 0.15) is 19.3 Å². The fourth-order valence-electron chi connectivity index (χ4n) is 4.25. The number of nitrogens with zero attached hydrogens (tertiary/aromatic N) is 3. The topological polar surface area (TPSA) is 83.0 Å². The molecule has 0 radical (unpaired) electrons. The molecule has 2 aromatic heterocycles. The lowest BCUT2D eigenvalue weighted by Crippen LogP contribution is -2.71. The number of amides is 1. The summed E-state index contributed by atoms with van der Waals surface area (Å²) in [5.41, 5.74) is 2.49. The lowest BCUT2D eigenvalue weighted by atomic mass is 9.74. The molecule has 4 rings (SSSR count). The zero-order valence-electron chi connectivity index (χ0n) is 18.9. The Bertz CT molecular complexity index is 1080. The van der Waals surface area contributed by atoms with E-state index in [0.29, 0.717) is 11.4 Å². The molecule has 0 aliphatic carbocycles. The second kappa shape index (κ2) is 10.1. The number of benzene rings is 1. The van der Waals surface area contributed by atoms with E-state index in [-0.39, 0.29) is 31.9 Å². The van der Waals surface area contributed by atoms with Crippen LogP contribution in [0.15, 0.2) is 67.1 Å². The molecular formula is C25H27N3O5. The Morgan fingerprint density at radius 2 is 1.82 bits per heavy atom. The number of carbonyl (C=O) groups excluding carboxylic acids is 1. The number of aromatic nitrogens is 2. The van der Waals surface area contributed by atoms with Crippen LogP contribution in [0.5, 0.6) is 5.75 Å². The van der Waals surface area contributed by atoms with Gasteiger partial charge < -0.3 is 23.8 Å². The minimum atomic E-state index is -1.18. The van der Waals surface area contributed by atoms with E-state index < -0.39 is 5.60 Å². The first-order valence-corrected chi connectivity index (χ1v) is 10.5. The summed E-state index contributed by atoms with van der Waals surface area (Å²) >= 11 is 0. The number of likely N-dealkylation sites (tertiary alicyclic amines) is 1. The van der Waals surface area contributed by atoms with Gasteiger partial charge in [0.05, 0.1) is 13.2 Å². The fraction of sp³-hybridized carbons (Fsp3) is 0.320. The Morgan fingerprint density at radius 1 is 1.00 bits per heavy atom. The molecule has 0 spiro atoms. The summed E-state index contributed by atoms with van der Waals surface area (Å²) in [6, 6.07) is 15.2. The van der Waals surface area contributed by atoms with Crippen molar-refractivity contribution in [2.45, 2.75) is 18.1 Å². The highest BCUT2D eigenvalue weighted by Crippen LogP contribution is 2.48. The lowest BCUT2D eigenvalue weighted by molar-refractivity contribution is -0.235. The first-order chi connectivity index (χ1) is 16.1. The second-order valence-corrected chi connectivity index (χ2v) is 7.76. The van der Waals surface area contributed by atoms with Crippen LogP contribution in [0.25, 0.3) is 11.1 Å². The monoisotopic (exact) mass is 449 g/mol. The smallest absolute Gasteiger partial charge is 0.260 e. The Kier molecular flexibility index (Phi) is 6.98. The van der Waals surface area contributed by atoms with Crippen molar-refractivity contribution < 1.29 is 23.7 Å². The molecule has 1 fully saturated rings. The van der Waals surface area contributed by atoms with Crippen molar-refractivity contribution in [1.29, 1.82) is 0 Å². The van der Waals surface area contributed by atoms with Crippen molar-refractivity contribution >= 4 is 5.91 Å². The van der Waals surface area contributed by atoms with Crippen LogP contribution in [-0.4, -0.2) is 61.2 Å². The minimum absolute atomic E-state index is 0.0270. The number of ether oxygens (including phenoxy) is 4. The molecule has 3 heterocycles. The standard InChI is InChI=1S/C25H27N3O5/c1-30-16-28-23(19-8-6-18(7-9-19)20-5-4-11-26-15-20)25(24(28)29,33-17-31-2)14-21-13-22(32-3)10-12-27-21/h4-13,15,23H,14,16-17H2,1-3H3/t23-,25+/m0/s1. The molecule has 3 aromatic rings. The Labute approximate surface area is 193 Å². The van der Waals surface area contributed by atoms with Crippen LogP contribution in [0, 0.1) is 0 Å². The van der Waals surface area contributed by atoms with Crippen LogP contribution < -0.4 is 4.74 Å². The molecule has 1 saturated heterocycles. The number of rotatable bonds is 10. The molecule has 0 bridgehead atoms. The molecule has 1 amide bonds. The summed E-state index contributed by atoms with van der Waals surface area (Å²) in [6.45, 7) is 0.123. The summed E-state index contributed by atoms with van der Waals surface area (Å²) < 4.78 is 21.9. The maximum atomic E-state index is 13.4. The van der Waals surface area contributed by atoms with Gasteiger partial charge in [-0.05, 0) is 28.8 Å². The number of hydrogen-bond donors (Lipinski definition) is 0. The van der Waals surface area contributed by atoms with Gasteiger partial charge in [-0.2, -0.15) is 0 Å². The van der Waals surface area contributed by atoms with Crippen molar-refractivity contribution in [3.05, 3.63) is 78.4 Å². The third kappa shape index (κ3) is 4.45. The molecule has 33 heavy (non-hydrogen) atoms. The molecule has 0 N–H and O–H groups in total. The average Bonchev–Trinajstić information content (AvgIpc) is 2.87. The number of methoxy groups -OCH3 is 3. The van der Waals surface area contributed by atoms with Crippen molar-refractivity contribution in [1.82, 2.24) is 14.9 Å². The normalized spacial score (nSPS) is 19.9. The quantitative estimate of drug-likeness (QED) is 0.347. The summed E-state index contributed by atoms with van der Waals surface area (Å²) in [5, 5.41) is 0. The van der Waals surface area contributed by atoms with E-state index in [1.54, 1.807) is 37.6 Å². The molecule has 0 unspecified atom stereocenters. The van der Waals surface area contributed by atoms with E-state index in [2.05, 4.69) is 9.97 Å². The zero-order chi connectivity index (χ0) is 23.3. The van der Waals surface area contributed by atoms with Crippen LogP contribution in [0.2, 0.25) is 0 Å². The highest BCUT2D eigenvalue weighted by molar-refractivity contribution is 5.94.